The number of ether oxygens (including phenoxy) is 1. The summed E-state index contributed by atoms with van der Waals surface area (Å²) in [5.74, 6) is 1.46. The third kappa shape index (κ3) is 3.77. The van der Waals surface area contributed by atoms with Crippen LogP contribution in [0.4, 0.5) is 0 Å². The number of aromatic nitrogens is 5. The van der Waals surface area contributed by atoms with Gasteiger partial charge in [0.25, 0.3) is 11.8 Å². The molecular weight excluding hydrogens is 396 g/mol. The SMILES string of the molecule is COc1cccc(C(=O)N2CC[C@@H](n3cc(-c4nc(-c5ccccc5)no4)nn3)C2)c1. The van der Waals surface area contributed by atoms with Gasteiger partial charge in [0.2, 0.25) is 5.82 Å². The largest absolute Gasteiger partial charge is 0.497 e. The van der Waals surface area contributed by atoms with Crippen LogP contribution in [0, 0.1) is 0 Å². The van der Waals surface area contributed by atoms with Crippen LogP contribution in [-0.4, -0.2) is 56.1 Å². The molecule has 1 fully saturated rings. The van der Waals surface area contributed by atoms with Crippen molar-refractivity contribution in [1.82, 2.24) is 30.0 Å². The number of benzene rings is 2. The first kappa shape index (κ1) is 19.0. The zero-order chi connectivity index (χ0) is 21.2. The van der Waals surface area contributed by atoms with E-state index in [1.54, 1.807) is 30.1 Å². The molecule has 9 nitrogen and oxygen atoms in total. The van der Waals surface area contributed by atoms with E-state index in [0.717, 1.165) is 12.0 Å². The highest BCUT2D eigenvalue weighted by Gasteiger charge is 2.29. The molecule has 9 heteroatoms. The average Bonchev–Trinajstić information content (AvgIpc) is 3.59. The monoisotopic (exact) mass is 416 g/mol. The maximum atomic E-state index is 12.8. The minimum Gasteiger partial charge on any atom is -0.497 e. The van der Waals surface area contributed by atoms with Crippen molar-refractivity contribution < 1.29 is 14.1 Å². The van der Waals surface area contributed by atoms with Crippen LogP contribution in [0.1, 0.15) is 22.8 Å². The van der Waals surface area contributed by atoms with Gasteiger partial charge in [-0.2, -0.15) is 4.98 Å². The molecule has 0 unspecified atom stereocenters. The molecular formula is C22H20N6O3. The molecule has 0 spiro atoms. The molecule has 2 aromatic heterocycles. The average molecular weight is 416 g/mol. The third-order valence-electron chi connectivity index (χ3n) is 5.33. The van der Waals surface area contributed by atoms with E-state index in [1.165, 1.54) is 0 Å². The Morgan fingerprint density at radius 1 is 1.16 bits per heavy atom. The highest BCUT2D eigenvalue weighted by atomic mass is 16.5. The molecule has 1 saturated heterocycles. The number of nitrogens with zero attached hydrogens (tertiary/aromatic N) is 6. The van der Waals surface area contributed by atoms with Gasteiger partial charge in [-0.05, 0) is 24.6 Å². The highest BCUT2D eigenvalue weighted by molar-refractivity contribution is 5.94. The van der Waals surface area contributed by atoms with Crippen LogP contribution in [-0.2, 0) is 0 Å². The lowest BCUT2D eigenvalue weighted by Crippen LogP contribution is -2.29. The van der Waals surface area contributed by atoms with Gasteiger partial charge in [0.15, 0.2) is 5.69 Å². The van der Waals surface area contributed by atoms with Crippen molar-refractivity contribution in [2.24, 2.45) is 0 Å². The number of rotatable bonds is 5. The zero-order valence-corrected chi connectivity index (χ0v) is 16.9. The standard InChI is InChI=1S/C22H20N6O3/c1-30-18-9-5-8-16(12-18)22(29)27-11-10-17(13-27)28-14-19(24-26-28)21-23-20(25-31-21)15-6-3-2-4-7-15/h2-9,12,14,17H,10-11,13H2,1H3/t17-/m1/s1. The van der Waals surface area contributed by atoms with Crippen molar-refractivity contribution in [3.8, 4) is 28.7 Å². The topological polar surface area (TPSA) is 99.2 Å². The Hall–Kier alpha value is -4.01. The minimum absolute atomic E-state index is 0.0221. The molecule has 1 atom stereocenters. The summed E-state index contributed by atoms with van der Waals surface area (Å²) in [7, 11) is 1.59. The lowest BCUT2D eigenvalue weighted by molar-refractivity contribution is 0.0786. The number of hydrogen-bond acceptors (Lipinski definition) is 7. The molecule has 3 heterocycles. The van der Waals surface area contributed by atoms with E-state index in [1.807, 2.05) is 47.4 Å². The second kappa shape index (κ2) is 8.02. The lowest BCUT2D eigenvalue weighted by atomic mass is 10.2. The van der Waals surface area contributed by atoms with Gasteiger partial charge in [-0.1, -0.05) is 46.8 Å². The predicted octanol–water partition coefficient (Wildman–Crippen LogP) is 3.09. The van der Waals surface area contributed by atoms with E-state index in [4.69, 9.17) is 9.26 Å². The van der Waals surface area contributed by atoms with Gasteiger partial charge >= 0.3 is 0 Å². The first-order valence-corrected chi connectivity index (χ1v) is 9.96. The van der Waals surface area contributed by atoms with Crippen LogP contribution < -0.4 is 4.74 Å². The summed E-state index contributed by atoms with van der Waals surface area (Å²) >= 11 is 0. The summed E-state index contributed by atoms with van der Waals surface area (Å²) < 4.78 is 12.4. The molecule has 156 valence electrons. The number of methoxy groups -OCH3 is 1. The number of carbonyl (C=O) groups excluding carboxylic acids is 1. The third-order valence-corrected chi connectivity index (χ3v) is 5.33. The van der Waals surface area contributed by atoms with Gasteiger partial charge in [-0.25, -0.2) is 4.68 Å². The van der Waals surface area contributed by atoms with Crippen LogP contribution in [0.3, 0.4) is 0 Å². The molecule has 1 aliphatic rings. The molecule has 0 radical (unpaired) electrons. The maximum Gasteiger partial charge on any atom is 0.280 e. The zero-order valence-electron chi connectivity index (χ0n) is 16.9. The molecule has 31 heavy (non-hydrogen) atoms. The van der Waals surface area contributed by atoms with E-state index in [9.17, 15) is 4.79 Å². The molecule has 0 bridgehead atoms. The molecule has 1 aliphatic heterocycles. The van der Waals surface area contributed by atoms with Crippen molar-refractivity contribution in [3.05, 3.63) is 66.4 Å². The Labute approximate surface area is 178 Å². The number of amides is 1. The van der Waals surface area contributed by atoms with Gasteiger partial charge in [-0.3, -0.25) is 4.79 Å². The highest BCUT2D eigenvalue weighted by Crippen LogP contribution is 2.26. The fourth-order valence-corrected chi connectivity index (χ4v) is 3.67. The summed E-state index contributed by atoms with van der Waals surface area (Å²) in [6.45, 7) is 1.20. The van der Waals surface area contributed by atoms with Crippen LogP contribution in [0.5, 0.6) is 5.75 Å². The van der Waals surface area contributed by atoms with Crippen LogP contribution in [0.25, 0.3) is 23.0 Å². The number of carbonyl (C=O) groups is 1. The number of likely N-dealkylation sites (tertiary alicyclic amines) is 1. The van der Waals surface area contributed by atoms with Crippen molar-refractivity contribution in [2.75, 3.05) is 20.2 Å². The summed E-state index contributed by atoms with van der Waals surface area (Å²) in [6.07, 6.45) is 2.57. The second-order valence-electron chi connectivity index (χ2n) is 7.30. The summed E-state index contributed by atoms with van der Waals surface area (Å²) in [5, 5.41) is 12.4. The lowest BCUT2D eigenvalue weighted by Gasteiger charge is -2.17. The van der Waals surface area contributed by atoms with E-state index >= 15 is 0 Å². The van der Waals surface area contributed by atoms with Gasteiger partial charge in [0.05, 0.1) is 19.3 Å². The Morgan fingerprint density at radius 3 is 2.87 bits per heavy atom. The Morgan fingerprint density at radius 2 is 2.03 bits per heavy atom. The molecule has 0 N–H and O–H groups in total. The van der Waals surface area contributed by atoms with Gasteiger partial charge in [-0.15, -0.1) is 5.10 Å². The Kier molecular flexibility index (Phi) is 4.91. The van der Waals surface area contributed by atoms with E-state index in [0.29, 0.717) is 41.8 Å². The van der Waals surface area contributed by atoms with Gasteiger partial charge < -0.3 is 14.2 Å². The molecule has 0 aliphatic carbocycles. The molecule has 1 amide bonds. The maximum absolute atomic E-state index is 12.8. The summed E-state index contributed by atoms with van der Waals surface area (Å²) in [5.41, 5.74) is 1.98. The van der Waals surface area contributed by atoms with Crippen LogP contribution in [0.15, 0.2) is 65.3 Å². The summed E-state index contributed by atoms with van der Waals surface area (Å²) in [6, 6.07) is 16.8. The molecule has 5 rings (SSSR count). The predicted molar refractivity (Wildman–Crippen MR) is 111 cm³/mol. The molecule has 4 aromatic rings. The van der Waals surface area contributed by atoms with Crippen LogP contribution >= 0.6 is 0 Å². The second-order valence-corrected chi connectivity index (χ2v) is 7.30. The first-order chi connectivity index (χ1) is 15.2. The smallest absolute Gasteiger partial charge is 0.280 e. The van der Waals surface area contributed by atoms with Crippen molar-refractivity contribution >= 4 is 5.91 Å². The fraction of sp³-hybridized carbons (Fsp3) is 0.227. The minimum atomic E-state index is -0.0221. The van der Waals surface area contributed by atoms with Crippen molar-refractivity contribution in [1.29, 1.82) is 0 Å². The first-order valence-electron chi connectivity index (χ1n) is 9.96. The Bertz CT molecular complexity index is 1200. The van der Waals surface area contributed by atoms with Crippen molar-refractivity contribution in [3.63, 3.8) is 0 Å². The number of hydrogen-bond donors (Lipinski definition) is 0. The van der Waals surface area contributed by atoms with E-state index in [2.05, 4.69) is 20.5 Å². The molecule has 0 saturated carbocycles. The quantitative estimate of drug-likeness (QED) is 0.493. The summed E-state index contributed by atoms with van der Waals surface area (Å²) in [4.78, 5) is 19.1. The van der Waals surface area contributed by atoms with Gasteiger partial charge in [0, 0.05) is 24.2 Å². The molecule has 2 aromatic carbocycles. The fourth-order valence-electron chi connectivity index (χ4n) is 3.67. The Balaban J connectivity index is 1.29. The van der Waals surface area contributed by atoms with E-state index in [-0.39, 0.29) is 11.9 Å². The van der Waals surface area contributed by atoms with Gasteiger partial charge in [0.1, 0.15) is 5.75 Å². The van der Waals surface area contributed by atoms with Crippen molar-refractivity contribution in [2.45, 2.75) is 12.5 Å². The van der Waals surface area contributed by atoms with E-state index < -0.39 is 0 Å². The van der Waals surface area contributed by atoms with Crippen LogP contribution in [0.2, 0.25) is 0 Å². The normalized spacial score (nSPS) is 15.9.